The third kappa shape index (κ3) is 37.2. The van der Waals surface area contributed by atoms with Crippen molar-refractivity contribution in [3.05, 3.63) is 0 Å². The van der Waals surface area contributed by atoms with E-state index in [4.69, 9.17) is 0 Å². The lowest BCUT2D eigenvalue weighted by atomic mass is 10.0. The summed E-state index contributed by atoms with van der Waals surface area (Å²) in [6, 6.07) is 0. The summed E-state index contributed by atoms with van der Waals surface area (Å²) in [5, 5.41) is 0. The summed E-state index contributed by atoms with van der Waals surface area (Å²) >= 11 is 0. The van der Waals surface area contributed by atoms with E-state index >= 15 is 0 Å². The standard InChI is InChI=1S/C38H80P.HI/c1-5-7-9-11-13-15-17-19-21-23-25-27-29-31-33-35-37-39(3,4)38-36-34-32-30-28-26-24-22-20-18-16-14-12-10-8-6-2;/h5-38H2,1-4H3;1H/q+1;/p-1. The van der Waals surface area contributed by atoms with Gasteiger partial charge in [-0.05, 0) is 25.7 Å². The van der Waals surface area contributed by atoms with Crippen molar-refractivity contribution in [1.82, 2.24) is 0 Å². The second-order valence-electron chi connectivity index (χ2n) is 14.0. The van der Waals surface area contributed by atoms with E-state index < -0.39 is 7.26 Å². The van der Waals surface area contributed by atoms with Crippen molar-refractivity contribution in [2.75, 3.05) is 25.7 Å². The van der Waals surface area contributed by atoms with Gasteiger partial charge >= 0.3 is 0 Å². The molecule has 0 atom stereocenters. The van der Waals surface area contributed by atoms with Gasteiger partial charge in [0.25, 0.3) is 0 Å². The monoisotopic (exact) mass is 695 g/mol. The Kier molecular flexibility index (Phi) is 39.3. The lowest BCUT2D eigenvalue weighted by Crippen LogP contribution is -3.00. The molecule has 40 heavy (non-hydrogen) atoms. The van der Waals surface area contributed by atoms with Crippen LogP contribution in [0.25, 0.3) is 0 Å². The van der Waals surface area contributed by atoms with Crippen LogP contribution in [-0.4, -0.2) is 25.7 Å². The number of halogens is 1. The van der Waals surface area contributed by atoms with Gasteiger partial charge in [0.15, 0.2) is 0 Å². The molecule has 0 spiro atoms. The van der Waals surface area contributed by atoms with Crippen molar-refractivity contribution >= 4 is 7.26 Å². The number of hydrogen-bond donors (Lipinski definition) is 0. The zero-order chi connectivity index (χ0) is 28.5. The molecule has 0 rings (SSSR count). The molecule has 244 valence electrons. The molecular formula is C38H80IP. The average Bonchev–Trinajstić information content (AvgIpc) is 2.92. The molecule has 0 nitrogen and oxygen atoms in total. The second kappa shape index (κ2) is 36.4. The van der Waals surface area contributed by atoms with Gasteiger partial charge in [0.05, 0.1) is 12.3 Å². The molecule has 0 heterocycles. The fraction of sp³-hybridized carbons (Fsp3) is 1.00. The molecule has 0 N–H and O–H groups in total. The van der Waals surface area contributed by atoms with Crippen LogP contribution in [0.4, 0.5) is 0 Å². The summed E-state index contributed by atoms with van der Waals surface area (Å²) < 4.78 is 0. The third-order valence-corrected chi connectivity index (χ3v) is 12.3. The van der Waals surface area contributed by atoms with Crippen molar-refractivity contribution in [2.24, 2.45) is 0 Å². The number of hydrogen-bond acceptors (Lipinski definition) is 0. The van der Waals surface area contributed by atoms with Crippen LogP contribution in [0.3, 0.4) is 0 Å². The lowest BCUT2D eigenvalue weighted by molar-refractivity contribution is -0.00000891. The molecule has 0 aromatic rings. The quantitative estimate of drug-likeness (QED) is 0.0357. The van der Waals surface area contributed by atoms with Gasteiger partial charge in [0.2, 0.25) is 0 Å². The highest BCUT2D eigenvalue weighted by molar-refractivity contribution is 7.74. The molecule has 0 aliphatic rings. The van der Waals surface area contributed by atoms with Gasteiger partial charge in [0.1, 0.15) is 0 Å². The zero-order valence-electron chi connectivity index (χ0n) is 28.9. The summed E-state index contributed by atoms with van der Waals surface area (Å²) in [6.45, 7) is 9.91. The van der Waals surface area contributed by atoms with Crippen LogP contribution >= 0.6 is 7.26 Å². The molecule has 0 fully saturated rings. The van der Waals surface area contributed by atoms with Crippen LogP contribution in [0.15, 0.2) is 0 Å². The summed E-state index contributed by atoms with van der Waals surface area (Å²) in [7, 11) is -0.619. The Morgan fingerprint density at radius 3 is 0.575 bits per heavy atom. The van der Waals surface area contributed by atoms with Crippen molar-refractivity contribution in [3.8, 4) is 0 Å². The van der Waals surface area contributed by atoms with Gasteiger partial charge in [-0.1, -0.05) is 194 Å². The SMILES string of the molecule is CCCCCCCCCCCCCCCCCC[P+](C)(C)CCCCCCCCCCCCCCCCCC.[I-]. The van der Waals surface area contributed by atoms with E-state index in [-0.39, 0.29) is 24.0 Å². The highest BCUT2D eigenvalue weighted by atomic mass is 127. The van der Waals surface area contributed by atoms with Crippen LogP contribution in [0, 0.1) is 0 Å². The van der Waals surface area contributed by atoms with Crippen LogP contribution in [-0.2, 0) is 0 Å². The summed E-state index contributed by atoms with van der Waals surface area (Å²) in [6.07, 6.45) is 50.5. The maximum atomic E-state index is 2.64. The molecule has 0 aliphatic heterocycles. The normalized spacial score (nSPS) is 11.7. The molecule has 0 saturated carbocycles. The Bertz CT molecular complexity index is 397. The number of unbranched alkanes of at least 4 members (excludes halogenated alkanes) is 30. The number of rotatable bonds is 34. The van der Waals surface area contributed by atoms with E-state index in [1.165, 1.54) is 205 Å². The largest absolute Gasteiger partial charge is 1.00 e. The molecule has 0 radical (unpaired) electrons. The molecule has 0 amide bonds. The first kappa shape index (κ1) is 43.3. The minimum Gasteiger partial charge on any atom is -1.00 e. The Hall–Kier alpha value is 1.16. The Balaban J connectivity index is 0. The van der Waals surface area contributed by atoms with E-state index in [0.29, 0.717) is 0 Å². The minimum absolute atomic E-state index is 0. The lowest BCUT2D eigenvalue weighted by Gasteiger charge is -2.18. The summed E-state index contributed by atoms with van der Waals surface area (Å²) in [5.41, 5.74) is 0. The van der Waals surface area contributed by atoms with Crippen LogP contribution in [0.5, 0.6) is 0 Å². The van der Waals surface area contributed by atoms with E-state index in [9.17, 15) is 0 Å². The molecule has 0 aromatic heterocycles. The predicted molar refractivity (Wildman–Crippen MR) is 188 cm³/mol. The van der Waals surface area contributed by atoms with Crippen molar-refractivity contribution < 1.29 is 24.0 Å². The van der Waals surface area contributed by atoms with Crippen LogP contribution < -0.4 is 24.0 Å². The molecule has 0 saturated heterocycles. The van der Waals surface area contributed by atoms with E-state index in [0.717, 1.165) is 0 Å². The maximum absolute atomic E-state index is 2.64. The fourth-order valence-electron chi connectivity index (χ4n) is 6.29. The molecule has 0 aromatic carbocycles. The molecular weight excluding hydrogens is 614 g/mol. The first-order valence-corrected chi connectivity index (χ1v) is 22.0. The smallest absolute Gasteiger partial charge is 0.0589 e. The van der Waals surface area contributed by atoms with Crippen molar-refractivity contribution in [2.45, 2.75) is 219 Å². The minimum atomic E-state index is -0.619. The van der Waals surface area contributed by atoms with E-state index in [2.05, 4.69) is 27.2 Å². The van der Waals surface area contributed by atoms with Gasteiger partial charge in [-0.2, -0.15) is 0 Å². The first-order valence-electron chi connectivity index (χ1n) is 18.9. The molecule has 2 heteroatoms. The topological polar surface area (TPSA) is 0 Å². The Labute approximate surface area is 274 Å². The second-order valence-corrected chi connectivity index (χ2v) is 18.8. The molecule has 0 aliphatic carbocycles. The van der Waals surface area contributed by atoms with Crippen LogP contribution in [0.1, 0.15) is 219 Å². The maximum Gasteiger partial charge on any atom is 0.0589 e. The van der Waals surface area contributed by atoms with Gasteiger partial charge in [-0.25, -0.2) is 0 Å². The highest BCUT2D eigenvalue weighted by Gasteiger charge is 2.23. The zero-order valence-corrected chi connectivity index (χ0v) is 31.9. The van der Waals surface area contributed by atoms with Gasteiger partial charge < -0.3 is 24.0 Å². The molecule has 0 bridgehead atoms. The van der Waals surface area contributed by atoms with Crippen molar-refractivity contribution in [3.63, 3.8) is 0 Å². The predicted octanol–water partition coefficient (Wildman–Crippen LogP) is 11.8. The highest BCUT2D eigenvalue weighted by Crippen LogP contribution is 2.52. The molecule has 0 unspecified atom stereocenters. The Morgan fingerprint density at radius 1 is 0.250 bits per heavy atom. The Morgan fingerprint density at radius 2 is 0.400 bits per heavy atom. The first-order chi connectivity index (χ1) is 19.1. The average molecular weight is 695 g/mol. The van der Waals surface area contributed by atoms with Gasteiger partial charge in [-0.3, -0.25) is 0 Å². The van der Waals surface area contributed by atoms with Crippen molar-refractivity contribution in [1.29, 1.82) is 0 Å². The fourth-order valence-corrected chi connectivity index (χ4v) is 8.67. The van der Waals surface area contributed by atoms with E-state index in [1.54, 1.807) is 12.3 Å². The third-order valence-electron chi connectivity index (χ3n) is 9.23. The van der Waals surface area contributed by atoms with Gasteiger partial charge in [-0.15, -0.1) is 0 Å². The summed E-state index contributed by atoms with van der Waals surface area (Å²) in [4.78, 5) is 0. The summed E-state index contributed by atoms with van der Waals surface area (Å²) in [5.74, 6) is 0. The van der Waals surface area contributed by atoms with E-state index in [1.807, 2.05) is 0 Å². The van der Waals surface area contributed by atoms with Crippen LogP contribution in [0.2, 0.25) is 0 Å². The van der Waals surface area contributed by atoms with Gasteiger partial charge in [0, 0.05) is 20.6 Å².